The molecule has 0 fully saturated rings. The summed E-state index contributed by atoms with van der Waals surface area (Å²) in [6.07, 6.45) is 0. The van der Waals surface area contributed by atoms with Crippen LogP contribution in [-0.2, 0) is 0 Å². The van der Waals surface area contributed by atoms with Gasteiger partial charge in [0.25, 0.3) is 0 Å². The van der Waals surface area contributed by atoms with Gasteiger partial charge in [-0.2, -0.15) is 0 Å². The Labute approximate surface area is 161 Å². The van der Waals surface area contributed by atoms with Crippen molar-refractivity contribution in [2.75, 3.05) is 0 Å². The molecule has 0 aliphatic rings. The molecule has 28 heavy (non-hydrogen) atoms. The molecule has 0 aliphatic carbocycles. The first-order chi connectivity index (χ1) is 13.8. The summed E-state index contributed by atoms with van der Waals surface area (Å²) in [4.78, 5) is 14.7. The molecule has 0 aliphatic heterocycles. The van der Waals surface area contributed by atoms with Crippen LogP contribution in [0.1, 0.15) is 0 Å². The van der Waals surface area contributed by atoms with E-state index in [1.165, 1.54) is 0 Å². The van der Waals surface area contributed by atoms with E-state index < -0.39 is 0 Å². The van der Waals surface area contributed by atoms with E-state index in [0.717, 1.165) is 55.0 Å². The number of hydrogen-bond donors (Lipinski definition) is 0. The summed E-state index contributed by atoms with van der Waals surface area (Å²) in [5.41, 5.74) is 5.54. The van der Waals surface area contributed by atoms with Crippen LogP contribution >= 0.6 is 0 Å². The summed E-state index contributed by atoms with van der Waals surface area (Å²) in [5.74, 6) is 0. The Morgan fingerprint density at radius 1 is 0.393 bits per heavy atom. The molecule has 0 N–H and O–H groups in total. The van der Waals surface area contributed by atoms with Gasteiger partial charge >= 0.3 is 0 Å². The normalized spacial score (nSPS) is 11.6. The average Bonchev–Trinajstić information content (AvgIpc) is 2.77. The first-order valence-corrected chi connectivity index (χ1v) is 9.31. The van der Waals surface area contributed by atoms with E-state index in [4.69, 9.17) is 15.0 Å². The summed E-state index contributed by atoms with van der Waals surface area (Å²) in [6.45, 7) is 0. The minimum absolute atomic E-state index is 0.862. The number of aromatic nitrogens is 3. The molecule has 0 atom stereocenters. The molecule has 0 saturated heterocycles. The van der Waals surface area contributed by atoms with Gasteiger partial charge < -0.3 is 0 Å². The topological polar surface area (TPSA) is 38.7 Å². The van der Waals surface area contributed by atoms with Gasteiger partial charge in [0.05, 0.1) is 33.5 Å². The minimum atomic E-state index is 0.862. The third-order valence-electron chi connectivity index (χ3n) is 5.21. The zero-order valence-corrected chi connectivity index (χ0v) is 15.0. The number of nitrogens with zero attached hydrogens (tertiary/aromatic N) is 3. The highest BCUT2D eigenvalue weighted by atomic mass is 14.8. The van der Waals surface area contributed by atoms with Crippen LogP contribution in [0.4, 0.5) is 0 Å². The first kappa shape index (κ1) is 15.2. The van der Waals surface area contributed by atoms with Crippen molar-refractivity contribution in [2.45, 2.75) is 0 Å². The lowest BCUT2D eigenvalue weighted by molar-refractivity contribution is 1.32. The molecule has 3 heteroatoms. The zero-order valence-electron chi connectivity index (χ0n) is 15.0. The van der Waals surface area contributed by atoms with Gasteiger partial charge in [0, 0.05) is 21.5 Å². The van der Waals surface area contributed by atoms with Gasteiger partial charge in [-0.05, 0) is 30.3 Å². The van der Waals surface area contributed by atoms with Crippen LogP contribution in [0.5, 0.6) is 0 Å². The van der Waals surface area contributed by atoms with Gasteiger partial charge in [-0.3, -0.25) is 0 Å². The summed E-state index contributed by atoms with van der Waals surface area (Å²) in [6, 6.07) is 31.0. The van der Waals surface area contributed by atoms with E-state index in [1.54, 1.807) is 0 Å². The summed E-state index contributed by atoms with van der Waals surface area (Å²) in [5, 5.41) is 4.45. The van der Waals surface area contributed by atoms with Crippen molar-refractivity contribution in [3.8, 4) is 11.4 Å². The fraction of sp³-hybridized carbons (Fsp3) is 0. The van der Waals surface area contributed by atoms with Crippen molar-refractivity contribution in [3.05, 3.63) is 91.0 Å². The van der Waals surface area contributed by atoms with Crippen LogP contribution < -0.4 is 0 Å². The molecule has 0 amide bonds. The van der Waals surface area contributed by atoms with Crippen LogP contribution in [0, 0.1) is 0 Å². The second-order valence-electron chi connectivity index (χ2n) is 6.98. The zero-order chi connectivity index (χ0) is 18.5. The van der Waals surface area contributed by atoms with Gasteiger partial charge in [0.15, 0.2) is 0 Å². The molecule has 0 saturated carbocycles. The smallest absolute Gasteiger partial charge is 0.0973 e. The Balaban J connectivity index is 1.63. The summed E-state index contributed by atoms with van der Waals surface area (Å²) >= 11 is 0. The van der Waals surface area contributed by atoms with Crippen molar-refractivity contribution in [2.24, 2.45) is 0 Å². The monoisotopic (exact) mass is 357 g/mol. The van der Waals surface area contributed by atoms with Crippen molar-refractivity contribution in [1.29, 1.82) is 0 Å². The maximum Gasteiger partial charge on any atom is 0.0973 e. The third kappa shape index (κ3) is 2.33. The highest BCUT2D eigenvalue weighted by molar-refractivity contribution is 6.07. The van der Waals surface area contributed by atoms with Crippen LogP contribution in [0.25, 0.3) is 55.0 Å². The summed E-state index contributed by atoms with van der Waals surface area (Å²) < 4.78 is 0. The van der Waals surface area contributed by atoms with Gasteiger partial charge in [-0.1, -0.05) is 60.7 Å². The van der Waals surface area contributed by atoms with Gasteiger partial charge in [-0.15, -0.1) is 0 Å². The number of fused-ring (bicyclic) bond motifs is 5. The predicted molar refractivity (Wildman–Crippen MR) is 115 cm³/mol. The quantitative estimate of drug-likeness (QED) is 0.262. The Hall–Kier alpha value is -3.85. The molecule has 6 rings (SSSR count). The minimum Gasteiger partial charge on any atom is -0.246 e. The van der Waals surface area contributed by atoms with E-state index in [-0.39, 0.29) is 0 Å². The molecular weight excluding hydrogens is 342 g/mol. The van der Waals surface area contributed by atoms with Crippen LogP contribution in [0.2, 0.25) is 0 Å². The van der Waals surface area contributed by atoms with Crippen molar-refractivity contribution in [3.63, 3.8) is 0 Å². The molecule has 0 unspecified atom stereocenters. The maximum absolute atomic E-state index is 4.96. The highest BCUT2D eigenvalue weighted by Crippen LogP contribution is 2.28. The number of rotatable bonds is 1. The Morgan fingerprint density at radius 3 is 1.82 bits per heavy atom. The molecule has 6 aromatic rings. The third-order valence-corrected chi connectivity index (χ3v) is 5.21. The molecule has 3 aromatic carbocycles. The average molecular weight is 357 g/mol. The number of benzene rings is 3. The van der Waals surface area contributed by atoms with E-state index in [1.807, 2.05) is 48.5 Å². The predicted octanol–water partition coefficient (Wildman–Crippen LogP) is 6.15. The van der Waals surface area contributed by atoms with E-state index in [2.05, 4.69) is 42.5 Å². The highest BCUT2D eigenvalue weighted by Gasteiger charge is 2.09. The molecule has 3 heterocycles. The van der Waals surface area contributed by atoms with Gasteiger partial charge in [-0.25, -0.2) is 15.0 Å². The Bertz CT molecular complexity index is 1520. The van der Waals surface area contributed by atoms with Crippen LogP contribution in [0.3, 0.4) is 0 Å². The molecular formula is C25H15N3. The number of hydrogen-bond acceptors (Lipinski definition) is 3. The standard InChI is InChI=1S/C25H15N3/c1-3-7-20-16(5-1)11-13-22(26-20)23-14-12-17-9-10-19-15-18-6-2-4-8-21(18)27-25(19)24(17)28-23/h1-15H. The van der Waals surface area contributed by atoms with E-state index in [9.17, 15) is 0 Å². The second-order valence-corrected chi connectivity index (χ2v) is 6.98. The fourth-order valence-electron chi connectivity index (χ4n) is 3.77. The molecule has 130 valence electrons. The molecule has 3 aromatic heterocycles. The number of para-hydroxylation sites is 2. The SMILES string of the molecule is c1ccc2nc(-c3ccc4ccc5cc6ccccc6nc5c4n3)ccc2c1. The lowest BCUT2D eigenvalue weighted by Gasteiger charge is -2.07. The van der Waals surface area contributed by atoms with Crippen LogP contribution in [0.15, 0.2) is 91.0 Å². The Kier molecular flexibility index (Phi) is 3.17. The molecule has 3 nitrogen and oxygen atoms in total. The fourth-order valence-corrected chi connectivity index (χ4v) is 3.77. The maximum atomic E-state index is 4.96. The molecule has 0 spiro atoms. The first-order valence-electron chi connectivity index (χ1n) is 9.31. The van der Waals surface area contributed by atoms with E-state index >= 15 is 0 Å². The van der Waals surface area contributed by atoms with Gasteiger partial charge in [0.1, 0.15) is 0 Å². The summed E-state index contributed by atoms with van der Waals surface area (Å²) in [7, 11) is 0. The van der Waals surface area contributed by atoms with Crippen molar-refractivity contribution in [1.82, 2.24) is 15.0 Å². The van der Waals surface area contributed by atoms with Gasteiger partial charge in [0.2, 0.25) is 0 Å². The molecule has 0 bridgehead atoms. The largest absolute Gasteiger partial charge is 0.246 e. The molecule has 0 radical (unpaired) electrons. The second kappa shape index (κ2) is 5.83. The lowest BCUT2D eigenvalue weighted by Crippen LogP contribution is -1.91. The Morgan fingerprint density at radius 2 is 0.964 bits per heavy atom. The van der Waals surface area contributed by atoms with E-state index in [0.29, 0.717) is 0 Å². The number of pyridine rings is 3. The van der Waals surface area contributed by atoms with Crippen molar-refractivity contribution < 1.29 is 0 Å². The van der Waals surface area contributed by atoms with Crippen molar-refractivity contribution >= 4 is 43.6 Å². The van der Waals surface area contributed by atoms with Crippen LogP contribution in [-0.4, -0.2) is 15.0 Å². The lowest BCUT2D eigenvalue weighted by atomic mass is 10.1.